The summed E-state index contributed by atoms with van der Waals surface area (Å²) in [6, 6.07) is 6.06. The number of benzene rings is 1. The molecule has 80 valence electrons. The fourth-order valence-corrected chi connectivity index (χ4v) is 1.88. The van der Waals surface area contributed by atoms with Crippen molar-refractivity contribution in [2.45, 2.75) is 26.3 Å². The van der Waals surface area contributed by atoms with E-state index in [2.05, 4.69) is 13.8 Å². The molecule has 1 aromatic carbocycles. The van der Waals surface area contributed by atoms with E-state index in [0.29, 0.717) is 13.0 Å². The summed E-state index contributed by atoms with van der Waals surface area (Å²) in [6.45, 7) is 4.76. The second-order valence-corrected chi connectivity index (χ2v) is 4.24. The predicted octanol–water partition coefficient (Wildman–Crippen LogP) is 1.37. The summed E-state index contributed by atoms with van der Waals surface area (Å²) in [7, 11) is 0. The summed E-state index contributed by atoms with van der Waals surface area (Å²) in [5.74, 6) is 0.130. The van der Waals surface area contributed by atoms with Crippen LogP contribution < -0.4 is 10.6 Å². The van der Waals surface area contributed by atoms with Crippen LogP contribution in [-0.2, 0) is 4.79 Å². The van der Waals surface area contributed by atoms with E-state index in [1.807, 2.05) is 18.2 Å². The molecule has 1 amide bonds. The number of hydrogen-bond acceptors (Lipinski definition) is 2. The Morgan fingerprint density at radius 1 is 1.33 bits per heavy atom. The number of nitrogens with zero attached hydrogens (tertiary/aromatic N) is 1. The van der Waals surface area contributed by atoms with Crippen LogP contribution >= 0.6 is 0 Å². The van der Waals surface area contributed by atoms with Gasteiger partial charge in [-0.1, -0.05) is 6.07 Å². The number of anilines is 1. The van der Waals surface area contributed by atoms with Crippen LogP contribution in [-0.4, -0.2) is 18.5 Å². The third kappa shape index (κ3) is 1.88. The smallest absolute Gasteiger partial charge is 0.228 e. The molecule has 15 heavy (non-hydrogen) atoms. The van der Waals surface area contributed by atoms with Gasteiger partial charge in [-0.25, -0.2) is 0 Å². The Balaban J connectivity index is 2.30. The van der Waals surface area contributed by atoms with Crippen molar-refractivity contribution in [3.05, 3.63) is 29.3 Å². The molecule has 0 aromatic heterocycles. The number of nitrogens with two attached hydrogens (primary N) is 1. The maximum Gasteiger partial charge on any atom is 0.228 e. The summed E-state index contributed by atoms with van der Waals surface area (Å²) in [6.07, 6.45) is 0.465. The molecule has 0 unspecified atom stereocenters. The Hall–Kier alpha value is -1.35. The van der Waals surface area contributed by atoms with Crippen LogP contribution in [0.1, 0.15) is 17.5 Å². The zero-order chi connectivity index (χ0) is 11.0. The fraction of sp³-hybridized carbons (Fsp3) is 0.417. The molecule has 0 aliphatic carbocycles. The molecule has 1 saturated heterocycles. The van der Waals surface area contributed by atoms with Crippen molar-refractivity contribution >= 4 is 11.6 Å². The van der Waals surface area contributed by atoms with Crippen LogP contribution in [0.3, 0.4) is 0 Å². The summed E-state index contributed by atoms with van der Waals surface area (Å²) < 4.78 is 0. The first-order valence-corrected chi connectivity index (χ1v) is 5.21. The molecule has 0 spiro atoms. The van der Waals surface area contributed by atoms with E-state index in [-0.39, 0.29) is 11.9 Å². The number of aryl methyl sites for hydroxylation is 2. The van der Waals surface area contributed by atoms with Gasteiger partial charge in [-0.2, -0.15) is 0 Å². The van der Waals surface area contributed by atoms with E-state index in [9.17, 15) is 4.79 Å². The van der Waals surface area contributed by atoms with Gasteiger partial charge in [0.05, 0.1) is 0 Å². The molecule has 2 rings (SSSR count). The number of hydrogen-bond donors (Lipinski definition) is 1. The van der Waals surface area contributed by atoms with E-state index in [1.165, 1.54) is 11.1 Å². The van der Waals surface area contributed by atoms with Crippen molar-refractivity contribution < 1.29 is 4.79 Å². The van der Waals surface area contributed by atoms with Gasteiger partial charge >= 0.3 is 0 Å². The topological polar surface area (TPSA) is 46.3 Å². The van der Waals surface area contributed by atoms with Gasteiger partial charge in [0.2, 0.25) is 5.91 Å². The molecule has 1 aliphatic rings. The Morgan fingerprint density at radius 2 is 2.07 bits per heavy atom. The highest BCUT2D eigenvalue weighted by atomic mass is 16.2. The van der Waals surface area contributed by atoms with E-state index in [4.69, 9.17) is 5.73 Å². The van der Waals surface area contributed by atoms with Crippen LogP contribution in [0.4, 0.5) is 5.69 Å². The van der Waals surface area contributed by atoms with Crippen molar-refractivity contribution in [3.63, 3.8) is 0 Å². The SMILES string of the molecule is Cc1ccc(N2C[C@@H](N)CC2=O)cc1C. The molecular formula is C12H16N2O. The van der Waals surface area contributed by atoms with Crippen LogP contribution in [0.5, 0.6) is 0 Å². The lowest BCUT2D eigenvalue weighted by molar-refractivity contribution is -0.117. The lowest BCUT2D eigenvalue weighted by Crippen LogP contribution is -2.27. The van der Waals surface area contributed by atoms with Crippen molar-refractivity contribution in [1.29, 1.82) is 0 Å². The monoisotopic (exact) mass is 204 g/mol. The van der Waals surface area contributed by atoms with Crippen LogP contribution in [0.25, 0.3) is 0 Å². The zero-order valence-corrected chi connectivity index (χ0v) is 9.16. The normalized spacial score (nSPS) is 21.1. The maximum atomic E-state index is 11.6. The molecule has 3 nitrogen and oxygen atoms in total. The minimum absolute atomic E-state index is 0.0147. The molecule has 0 bridgehead atoms. The second kappa shape index (κ2) is 3.66. The molecule has 0 saturated carbocycles. The maximum absolute atomic E-state index is 11.6. The lowest BCUT2D eigenvalue weighted by atomic mass is 10.1. The Kier molecular flexibility index (Phi) is 2.49. The van der Waals surface area contributed by atoms with E-state index >= 15 is 0 Å². The Bertz CT molecular complexity index is 401. The molecule has 1 aromatic rings. The standard InChI is InChI=1S/C12H16N2O/c1-8-3-4-11(5-9(8)2)14-7-10(13)6-12(14)15/h3-5,10H,6-7,13H2,1-2H3/t10-/m0/s1. The van der Waals surface area contributed by atoms with Gasteiger partial charge in [-0.3, -0.25) is 4.79 Å². The largest absolute Gasteiger partial charge is 0.326 e. The van der Waals surface area contributed by atoms with Crippen molar-refractivity contribution in [2.24, 2.45) is 5.73 Å². The van der Waals surface area contributed by atoms with Crippen LogP contribution in [0.2, 0.25) is 0 Å². The second-order valence-electron chi connectivity index (χ2n) is 4.24. The molecule has 2 N–H and O–H groups in total. The first-order chi connectivity index (χ1) is 7.08. The van der Waals surface area contributed by atoms with E-state index in [0.717, 1.165) is 5.69 Å². The third-order valence-corrected chi connectivity index (χ3v) is 2.96. The van der Waals surface area contributed by atoms with Gasteiger partial charge < -0.3 is 10.6 Å². The highest BCUT2D eigenvalue weighted by Gasteiger charge is 2.27. The van der Waals surface area contributed by atoms with E-state index in [1.54, 1.807) is 4.90 Å². The van der Waals surface area contributed by atoms with E-state index < -0.39 is 0 Å². The number of amides is 1. The third-order valence-electron chi connectivity index (χ3n) is 2.96. The van der Waals surface area contributed by atoms with Gasteiger partial charge in [-0.15, -0.1) is 0 Å². The minimum Gasteiger partial charge on any atom is -0.326 e. The summed E-state index contributed by atoms with van der Waals surface area (Å²) in [5.41, 5.74) is 9.18. The molecule has 1 atom stereocenters. The highest BCUT2D eigenvalue weighted by molar-refractivity contribution is 5.96. The predicted molar refractivity (Wildman–Crippen MR) is 60.9 cm³/mol. The number of carbonyl (C=O) groups is 1. The first-order valence-electron chi connectivity index (χ1n) is 5.21. The highest BCUT2D eigenvalue weighted by Crippen LogP contribution is 2.23. The molecule has 1 fully saturated rings. The first kappa shape index (κ1) is 10.2. The minimum atomic E-state index is -0.0147. The van der Waals surface area contributed by atoms with Gasteiger partial charge in [0.25, 0.3) is 0 Å². The number of carbonyl (C=O) groups excluding carboxylic acids is 1. The molecule has 1 aliphatic heterocycles. The zero-order valence-electron chi connectivity index (χ0n) is 9.16. The quantitative estimate of drug-likeness (QED) is 0.751. The molecular weight excluding hydrogens is 188 g/mol. The fourth-order valence-electron chi connectivity index (χ4n) is 1.88. The van der Waals surface area contributed by atoms with Crippen molar-refractivity contribution in [2.75, 3.05) is 11.4 Å². The average Bonchev–Trinajstić information content (AvgIpc) is 2.50. The molecule has 0 radical (unpaired) electrons. The number of rotatable bonds is 1. The van der Waals surface area contributed by atoms with Crippen LogP contribution in [0, 0.1) is 13.8 Å². The van der Waals surface area contributed by atoms with Gasteiger partial charge in [0.15, 0.2) is 0 Å². The lowest BCUT2D eigenvalue weighted by Gasteiger charge is -2.17. The summed E-state index contributed by atoms with van der Waals surface area (Å²) >= 11 is 0. The summed E-state index contributed by atoms with van der Waals surface area (Å²) in [4.78, 5) is 13.4. The van der Waals surface area contributed by atoms with Gasteiger partial charge in [0.1, 0.15) is 0 Å². The Morgan fingerprint density at radius 3 is 2.60 bits per heavy atom. The van der Waals surface area contributed by atoms with Gasteiger partial charge in [-0.05, 0) is 37.1 Å². The molecule has 1 heterocycles. The summed E-state index contributed by atoms with van der Waals surface area (Å²) in [5, 5.41) is 0. The van der Waals surface area contributed by atoms with Crippen LogP contribution in [0.15, 0.2) is 18.2 Å². The molecule has 3 heteroatoms. The Labute approximate surface area is 89.9 Å². The van der Waals surface area contributed by atoms with Crippen molar-refractivity contribution in [1.82, 2.24) is 0 Å². The van der Waals surface area contributed by atoms with Gasteiger partial charge in [0, 0.05) is 24.7 Å². The average molecular weight is 204 g/mol. The van der Waals surface area contributed by atoms with Crippen molar-refractivity contribution in [3.8, 4) is 0 Å².